The molecule has 0 aliphatic carbocycles. The van der Waals surface area contributed by atoms with Crippen LogP contribution in [0.3, 0.4) is 0 Å². The number of hydrogen-bond acceptors (Lipinski definition) is 7. The zero-order valence-corrected chi connectivity index (χ0v) is 46.0. The molecule has 0 saturated carbocycles. The summed E-state index contributed by atoms with van der Waals surface area (Å²) in [6.07, 6.45) is 56.3. The Labute approximate surface area is 419 Å². The molecule has 0 rings (SSSR count). The molecule has 0 aromatic rings. The second-order valence-corrected chi connectivity index (χ2v) is 19.6. The topological polar surface area (TPSA) is 64.6 Å². The Morgan fingerprint density at radius 1 is 0.254 bits per heavy atom. The van der Waals surface area contributed by atoms with Crippen molar-refractivity contribution in [3.05, 3.63) is 24.3 Å². The largest absolute Gasteiger partial charge is 0.353 e. The van der Waals surface area contributed by atoms with Gasteiger partial charge in [-0.25, -0.2) is 0 Å². The van der Waals surface area contributed by atoms with E-state index in [9.17, 15) is 0 Å². The van der Waals surface area contributed by atoms with Crippen molar-refractivity contribution >= 4 is 0 Å². The highest BCUT2D eigenvalue weighted by molar-refractivity contribution is 4.90. The maximum absolute atomic E-state index is 6.55. The number of unbranched alkanes of at least 4 members (excludes halogenated alkanes) is 30. The van der Waals surface area contributed by atoms with E-state index < -0.39 is 12.6 Å². The van der Waals surface area contributed by atoms with Crippen molar-refractivity contribution in [3.8, 4) is 0 Å². The molecule has 0 radical (unpaired) electrons. The first-order valence-corrected chi connectivity index (χ1v) is 29.8. The van der Waals surface area contributed by atoms with Crippen LogP contribution in [0.4, 0.5) is 0 Å². The van der Waals surface area contributed by atoms with Crippen molar-refractivity contribution < 1.29 is 33.2 Å². The van der Waals surface area contributed by atoms with E-state index in [-0.39, 0.29) is 12.6 Å². The van der Waals surface area contributed by atoms with E-state index in [1.807, 2.05) is 0 Å². The van der Waals surface area contributed by atoms with Crippen molar-refractivity contribution in [2.75, 3.05) is 39.6 Å². The van der Waals surface area contributed by atoms with E-state index in [1.54, 1.807) is 0 Å². The molecule has 2 unspecified atom stereocenters. The van der Waals surface area contributed by atoms with Crippen LogP contribution in [-0.4, -0.2) is 64.8 Å². The van der Waals surface area contributed by atoms with E-state index in [0.717, 1.165) is 103 Å². The van der Waals surface area contributed by atoms with Gasteiger partial charge < -0.3 is 33.2 Å². The van der Waals surface area contributed by atoms with Gasteiger partial charge in [0.2, 0.25) is 0 Å². The lowest BCUT2D eigenvalue weighted by atomic mass is 10.1. The minimum atomic E-state index is -0.490. The van der Waals surface area contributed by atoms with Crippen LogP contribution < -0.4 is 0 Å². The van der Waals surface area contributed by atoms with Crippen LogP contribution in [0.1, 0.15) is 298 Å². The number of hydrogen-bond donors (Lipinski definition) is 0. The smallest absolute Gasteiger partial charge is 0.180 e. The minimum absolute atomic E-state index is 0.176. The number of rotatable bonds is 58. The molecule has 67 heavy (non-hydrogen) atoms. The molecular weight excluding hydrogens is 833 g/mol. The highest BCUT2D eigenvalue weighted by Gasteiger charge is 2.15. The van der Waals surface area contributed by atoms with E-state index in [1.165, 1.54) is 180 Å². The Balaban J connectivity index is 5.39. The van der Waals surface area contributed by atoms with E-state index in [4.69, 9.17) is 33.2 Å². The maximum Gasteiger partial charge on any atom is 0.180 e. The standard InChI is InChI=1S/C60H118O7/c1-7-13-19-23-27-31-35-43-53-61-57(62-54-44-36-32-28-24-20-14-8-2)47-39-41-49-59(65-51-17-11-5)67-60(66-52-18-12-6)50-42-40-48-58(63-55-45-37-33-29-25-21-15-9-3)64-56-46-38-34-30-26-22-16-10-4/h41-42,49-50,57-60H,7-40,43-48,51-56H2,1-6H3. The molecule has 0 aromatic carbocycles. The average Bonchev–Trinajstić information content (AvgIpc) is 3.33. The average molecular weight is 952 g/mol. The van der Waals surface area contributed by atoms with Crippen molar-refractivity contribution in [2.24, 2.45) is 0 Å². The summed E-state index contributed by atoms with van der Waals surface area (Å²) in [4.78, 5) is 0. The van der Waals surface area contributed by atoms with Crippen LogP contribution >= 0.6 is 0 Å². The maximum atomic E-state index is 6.55. The fraction of sp³-hybridized carbons (Fsp3) is 0.933. The SMILES string of the molecule is CCCCCCCCCCOC(CCC=CC(OCCCC)OC(C=CCCC(OCCCCCCCCCC)OCCCCCCCCCC)OCCCC)OCCCCCCCCCC. The summed E-state index contributed by atoms with van der Waals surface area (Å²) < 4.78 is 44.7. The van der Waals surface area contributed by atoms with E-state index in [0.29, 0.717) is 13.2 Å². The molecule has 7 heteroatoms. The monoisotopic (exact) mass is 951 g/mol. The van der Waals surface area contributed by atoms with Gasteiger partial charge in [0.15, 0.2) is 25.2 Å². The van der Waals surface area contributed by atoms with Crippen LogP contribution in [0.25, 0.3) is 0 Å². The second kappa shape index (κ2) is 57.8. The summed E-state index contributed by atoms with van der Waals surface area (Å²) >= 11 is 0. The fourth-order valence-electron chi connectivity index (χ4n) is 8.21. The molecular formula is C60H118O7. The van der Waals surface area contributed by atoms with Gasteiger partial charge in [-0.15, -0.1) is 0 Å². The molecule has 0 bridgehead atoms. The lowest BCUT2D eigenvalue weighted by Crippen LogP contribution is -2.25. The van der Waals surface area contributed by atoms with E-state index in [2.05, 4.69) is 65.8 Å². The lowest BCUT2D eigenvalue weighted by Gasteiger charge is -2.22. The molecule has 0 aliphatic heterocycles. The minimum Gasteiger partial charge on any atom is -0.353 e. The van der Waals surface area contributed by atoms with Gasteiger partial charge in [-0.3, -0.25) is 0 Å². The third kappa shape index (κ3) is 51.4. The quantitative estimate of drug-likeness (QED) is 0.0342. The molecule has 0 fully saturated rings. The Hall–Kier alpha value is -0.800. The molecule has 0 amide bonds. The summed E-state index contributed by atoms with van der Waals surface area (Å²) in [5, 5.41) is 0. The highest BCUT2D eigenvalue weighted by atomic mass is 16.8. The van der Waals surface area contributed by atoms with Gasteiger partial charge in [-0.2, -0.15) is 0 Å². The summed E-state index contributed by atoms with van der Waals surface area (Å²) in [5.74, 6) is 0. The molecule has 0 heterocycles. The van der Waals surface area contributed by atoms with Crippen molar-refractivity contribution in [1.29, 1.82) is 0 Å². The van der Waals surface area contributed by atoms with Crippen LogP contribution in [-0.2, 0) is 33.2 Å². The summed E-state index contributed by atoms with van der Waals surface area (Å²) in [5.41, 5.74) is 0. The fourth-order valence-corrected chi connectivity index (χ4v) is 8.21. The first-order chi connectivity index (χ1) is 33.1. The molecule has 0 N–H and O–H groups in total. The van der Waals surface area contributed by atoms with Crippen LogP contribution in [0, 0.1) is 0 Å². The highest BCUT2D eigenvalue weighted by Crippen LogP contribution is 2.17. The zero-order valence-electron chi connectivity index (χ0n) is 46.0. The van der Waals surface area contributed by atoms with Gasteiger partial charge >= 0.3 is 0 Å². The lowest BCUT2D eigenvalue weighted by molar-refractivity contribution is -0.208. The second-order valence-electron chi connectivity index (χ2n) is 19.6. The van der Waals surface area contributed by atoms with E-state index >= 15 is 0 Å². The van der Waals surface area contributed by atoms with Gasteiger partial charge in [0.1, 0.15) is 0 Å². The summed E-state index contributed by atoms with van der Waals surface area (Å²) in [7, 11) is 0. The Morgan fingerprint density at radius 3 is 0.731 bits per heavy atom. The van der Waals surface area contributed by atoms with Crippen molar-refractivity contribution in [2.45, 2.75) is 324 Å². The predicted octanol–water partition coefficient (Wildman–Crippen LogP) is 19.2. The first-order valence-electron chi connectivity index (χ1n) is 29.8. The zero-order chi connectivity index (χ0) is 48.6. The Kier molecular flexibility index (Phi) is 57.1. The van der Waals surface area contributed by atoms with Gasteiger partial charge in [0.05, 0.1) is 13.2 Å². The van der Waals surface area contributed by atoms with Crippen LogP contribution in [0.15, 0.2) is 24.3 Å². The van der Waals surface area contributed by atoms with Crippen molar-refractivity contribution in [3.63, 3.8) is 0 Å². The van der Waals surface area contributed by atoms with Crippen molar-refractivity contribution in [1.82, 2.24) is 0 Å². The first kappa shape index (κ1) is 66.2. The molecule has 0 aliphatic rings. The third-order valence-electron chi connectivity index (χ3n) is 12.8. The van der Waals surface area contributed by atoms with Gasteiger partial charge in [-0.1, -0.05) is 246 Å². The summed E-state index contributed by atoms with van der Waals surface area (Å²) in [6.45, 7) is 17.9. The van der Waals surface area contributed by atoms with Crippen LogP contribution in [0.2, 0.25) is 0 Å². The third-order valence-corrected chi connectivity index (χ3v) is 12.8. The Morgan fingerprint density at radius 2 is 0.478 bits per heavy atom. The summed E-state index contributed by atoms with van der Waals surface area (Å²) in [6, 6.07) is 0. The Bertz CT molecular complexity index is 841. The van der Waals surface area contributed by atoms with Gasteiger partial charge in [-0.05, 0) is 63.5 Å². The molecule has 7 nitrogen and oxygen atoms in total. The van der Waals surface area contributed by atoms with Crippen LogP contribution in [0.5, 0.6) is 0 Å². The number of allylic oxidation sites excluding steroid dienone is 2. The number of ether oxygens (including phenoxy) is 7. The van der Waals surface area contributed by atoms with Gasteiger partial charge in [0, 0.05) is 39.3 Å². The molecule has 0 aromatic heterocycles. The molecule has 400 valence electrons. The normalized spacial score (nSPS) is 13.1. The molecule has 0 spiro atoms. The molecule has 2 atom stereocenters. The predicted molar refractivity (Wildman–Crippen MR) is 289 cm³/mol. The molecule has 0 saturated heterocycles. The van der Waals surface area contributed by atoms with Gasteiger partial charge in [0.25, 0.3) is 0 Å².